The summed E-state index contributed by atoms with van der Waals surface area (Å²) in [6.07, 6.45) is 9.29. The molecule has 4 aliphatic carbocycles. The van der Waals surface area contributed by atoms with E-state index in [0.29, 0.717) is 29.3 Å². The number of carbonyl (C=O) groups excluding carboxylic acids is 1. The Morgan fingerprint density at radius 1 is 0.784 bits per heavy atom. The van der Waals surface area contributed by atoms with E-state index in [1.54, 1.807) is 0 Å². The molecule has 12 heteroatoms. The third-order valence-electron chi connectivity index (χ3n) is 7.81. The molecular weight excluding hydrogens is 514 g/mol. The number of aryl methyl sites for hydroxylation is 2. The molecule has 0 aromatic carbocycles. The van der Waals surface area contributed by atoms with Crippen LogP contribution in [-0.2, 0) is 40.0 Å². The van der Waals surface area contributed by atoms with E-state index < -0.39 is 5.97 Å². The Labute approximate surface area is 237 Å². The second-order valence-electron chi connectivity index (χ2n) is 9.91. The van der Waals surface area contributed by atoms with Gasteiger partial charge in [-0.15, -0.1) is 0 Å². The molecule has 0 aliphatic heterocycles. The van der Waals surface area contributed by atoms with Crippen molar-refractivity contribution in [2.45, 2.75) is 76.0 Å². The maximum atomic E-state index is 11.4. The Bertz CT molecular complexity index is 1170. The minimum absolute atomic E-state index is 0. The Kier molecular flexibility index (Phi) is 9.98. The molecule has 194 valence electrons. The van der Waals surface area contributed by atoms with Crippen molar-refractivity contribution >= 4 is 35.1 Å². The summed E-state index contributed by atoms with van der Waals surface area (Å²) in [5.74, 6) is -0.359. The monoisotopic (exact) mass is 542 g/mol. The first-order valence-electron chi connectivity index (χ1n) is 12.2. The van der Waals surface area contributed by atoms with Crippen molar-refractivity contribution in [2.75, 3.05) is 7.11 Å². The van der Waals surface area contributed by atoms with Crippen molar-refractivity contribution in [3.63, 3.8) is 0 Å². The van der Waals surface area contributed by atoms with Crippen molar-refractivity contribution in [1.82, 2.24) is 19.9 Å². The zero-order valence-corrected chi connectivity index (χ0v) is 22.6. The number of carboxylic acid groups (broad SMARTS) is 1. The Balaban J connectivity index is 0.000000195. The molecule has 4 aliphatic rings. The SMILES string of the molecule is COC(=O)C1CC(c2nc(Cl)nc3c2CCC3)C1.O=C(O)C1CC(c2nc(Cl)nc3c2CCC3)C1.[Li+].[OH-]. The van der Waals surface area contributed by atoms with Crippen molar-refractivity contribution in [2.24, 2.45) is 11.8 Å². The van der Waals surface area contributed by atoms with Crippen molar-refractivity contribution < 1.29 is 43.8 Å². The average molecular weight is 543 g/mol. The van der Waals surface area contributed by atoms with Gasteiger partial charge in [-0.3, -0.25) is 9.59 Å². The summed E-state index contributed by atoms with van der Waals surface area (Å²) in [6.45, 7) is 0. The molecule has 2 aromatic heterocycles. The Hall–Kier alpha value is -1.76. The van der Waals surface area contributed by atoms with Gasteiger partial charge in [-0.2, -0.15) is 0 Å². The van der Waals surface area contributed by atoms with Gasteiger partial charge in [0.2, 0.25) is 10.6 Å². The molecule has 37 heavy (non-hydrogen) atoms. The van der Waals surface area contributed by atoms with E-state index in [9.17, 15) is 9.59 Å². The number of methoxy groups -OCH3 is 1. The standard InChI is InChI=1S/C13H15ClN2O2.C12H13ClN2O2.Li.H2O/c1-18-12(17)8-5-7(6-8)11-9-3-2-4-10(9)15-13(14)16-11;13-12-14-9-3-1-2-8(9)10(15-12)6-4-7(5-6)11(16)17;;/h7-8H,2-6H2,1H3;6-7H,1-5H2,(H,16,17);;1H2/q;;+1;/p-1. The van der Waals surface area contributed by atoms with Gasteiger partial charge < -0.3 is 15.3 Å². The molecular formula is C25H29Cl2LiN4O5. The average Bonchev–Trinajstić information content (AvgIpc) is 3.40. The molecule has 0 unspecified atom stereocenters. The normalized spacial score (nSPS) is 24.5. The van der Waals surface area contributed by atoms with E-state index in [0.717, 1.165) is 74.1 Å². The number of halogens is 2. The fraction of sp³-hybridized carbons (Fsp3) is 0.600. The molecule has 6 rings (SSSR count). The summed E-state index contributed by atoms with van der Waals surface area (Å²) in [7, 11) is 1.44. The number of carboxylic acids is 1. The fourth-order valence-corrected chi connectivity index (χ4v) is 6.17. The summed E-state index contributed by atoms with van der Waals surface area (Å²) in [4.78, 5) is 39.4. The molecule has 0 saturated heterocycles. The molecule has 0 amide bonds. The van der Waals surface area contributed by atoms with Crippen molar-refractivity contribution in [1.29, 1.82) is 0 Å². The Morgan fingerprint density at radius 2 is 1.22 bits per heavy atom. The van der Waals surface area contributed by atoms with E-state index in [1.165, 1.54) is 18.2 Å². The first-order valence-corrected chi connectivity index (χ1v) is 13.0. The van der Waals surface area contributed by atoms with Crippen LogP contribution in [0, 0.1) is 11.8 Å². The minimum atomic E-state index is -0.696. The number of nitrogens with zero attached hydrogens (tertiary/aromatic N) is 4. The van der Waals surface area contributed by atoms with Crippen molar-refractivity contribution in [3.05, 3.63) is 44.5 Å². The maximum Gasteiger partial charge on any atom is 1.00 e. The van der Waals surface area contributed by atoms with E-state index in [2.05, 4.69) is 19.9 Å². The molecule has 0 bridgehead atoms. The van der Waals surface area contributed by atoms with Crippen molar-refractivity contribution in [3.8, 4) is 0 Å². The Morgan fingerprint density at radius 3 is 1.62 bits per heavy atom. The quantitative estimate of drug-likeness (QED) is 0.343. The van der Waals surface area contributed by atoms with Gasteiger partial charge in [0.05, 0.1) is 30.3 Å². The second kappa shape index (κ2) is 12.4. The number of carbonyl (C=O) groups is 2. The topological polar surface area (TPSA) is 145 Å². The van der Waals surface area contributed by atoms with Crippen LogP contribution in [-0.4, -0.2) is 49.6 Å². The van der Waals surface area contributed by atoms with Gasteiger partial charge >= 0.3 is 30.8 Å². The van der Waals surface area contributed by atoms with Crippen LogP contribution in [0.15, 0.2) is 0 Å². The molecule has 2 aromatic rings. The summed E-state index contributed by atoms with van der Waals surface area (Å²) in [5.41, 5.74) is 6.75. The van der Waals surface area contributed by atoms with Crippen LogP contribution in [0.5, 0.6) is 0 Å². The van der Waals surface area contributed by atoms with Crippen LogP contribution in [0.2, 0.25) is 10.6 Å². The van der Waals surface area contributed by atoms with E-state index in [-0.39, 0.29) is 48.1 Å². The van der Waals surface area contributed by atoms with Gasteiger partial charge in [-0.1, -0.05) is 0 Å². The van der Waals surface area contributed by atoms with Gasteiger partial charge in [0.1, 0.15) is 0 Å². The number of ether oxygens (including phenoxy) is 1. The predicted molar refractivity (Wildman–Crippen MR) is 131 cm³/mol. The first-order chi connectivity index (χ1) is 16.8. The number of hydrogen-bond donors (Lipinski definition) is 1. The summed E-state index contributed by atoms with van der Waals surface area (Å²) >= 11 is 11.9. The molecule has 9 nitrogen and oxygen atoms in total. The fourth-order valence-electron chi connectivity index (χ4n) is 5.78. The number of aromatic nitrogens is 4. The summed E-state index contributed by atoms with van der Waals surface area (Å²) in [6, 6.07) is 0. The van der Waals surface area contributed by atoms with Crippen LogP contribution >= 0.6 is 23.2 Å². The summed E-state index contributed by atoms with van der Waals surface area (Å²) < 4.78 is 4.76. The van der Waals surface area contributed by atoms with Gasteiger partial charge in [-0.05, 0) is 98.5 Å². The maximum absolute atomic E-state index is 11.4. The number of fused-ring (bicyclic) bond motifs is 2. The molecule has 0 atom stereocenters. The third kappa shape index (κ3) is 6.12. The van der Waals surface area contributed by atoms with Gasteiger partial charge in [-0.25, -0.2) is 19.9 Å². The van der Waals surface area contributed by atoms with Gasteiger partial charge in [0.15, 0.2) is 0 Å². The van der Waals surface area contributed by atoms with Gasteiger partial charge in [0.25, 0.3) is 0 Å². The third-order valence-corrected chi connectivity index (χ3v) is 8.15. The summed E-state index contributed by atoms with van der Waals surface area (Å²) in [5, 5.41) is 9.53. The number of rotatable bonds is 4. The molecule has 2 saturated carbocycles. The zero-order chi connectivity index (χ0) is 24.7. The molecule has 2 heterocycles. The largest absolute Gasteiger partial charge is 1.00 e. The first kappa shape index (κ1) is 29.8. The van der Waals surface area contributed by atoms with E-state index >= 15 is 0 Å². The van der Waals surface area contributed by atoms with E-state index in [4.69, 9.17) is 33.0 Å². The number of esters is 1. The molecule has 2 fully saturated rings. The predicted octanol–water partition coefficient (Wildman–Crippen LogP) is 1.31. The molecule has 2 N–H and O–H groups in total. The zero-order valence-electron chi connectivity index (χ0n) is 21.0. The minimum Gasteiger partial charge on any atom is -0.870 e. The second-order valence-corrected chi connectivity index (χ2v) is 10.6. The van der Waals surface area contributed by atoms with Crippen LogP contribution in [0.25, 0.3) is 0 Å². The van der Waals surface area contributed by atoms with Crippen LogP contribution in [0.3, 0.4) is 0 Å². The number of hydrogen-bond acceptors (Lipinski definition) is 8. The smallest absolute Gasteiger partial charge is 0.870 e. The molecule has 0 spiro atoms. The number of aliphatic carboxylic acids is 1. The van der Waals surface area contributed by atoms with Crippen LogP contribution < -0.4 is 18.9 Å². The van der Waals surface area contributed by atoms with E-state index in [1.807, 2.05) is 0 Å². The van der Waals surface area contributed by atoms with Crippen LogP contribution in [0.1, 0.15) is 84.3 Å². The molecule has 0 radical (unpaired) electrons. The van der Waals surface area contributed by atoms with Crippen LogP contribution in [0.4, 0.5) is 0 Å². The van der Waals surface area contributed by atoms with Gasteiger partial charge in [0, 0.05) is 23.2 Å².